The van der Waals surface area contributed by atoms with Crippen LogP contribution in [-0.2, 0) is 4.79 Å². The van der Waals surface area contributed by atoms with Crippen molar-refractivity contribution in [1.82, 2.24) is 0 Å². The van der Waals surface area contributed by atoms with Gasteiger partial charge in [-0.05, 0) is 94.5 Å². The van der Waals surface area contributed by atoms with E-state index in [-0.39, 0.29) is 35.9 Å². The minimum absolute atomic E-state index is 0.0288. The molecular formula is C36H44F4O3. The molecule has 7 heteroatoms. The number of hydrogen-bond donors (Lipinski definition) is 1. The molecular weight excluding hydrogens is 556 g/mol. The number of benzene rings is 2. The fourth-order valence-electron chi connectivity index (χ4n) is 7.60. The lowest BCUT2D eigenvalue weighted by Gasteiger charge is -2.43. The number of unbranched alkanes of at least 4 members (excludes halogenated alkanes) is 2. The molecule has 2 aliphatic rings. The molecule has 2 fully saturated rings. The van der Waals surface area contributed by atoms with E-state index in [0.717, 1.165) is 32.1 Å². The van der Waals surface area contributed by atoms with Crippen LogP contribution in [0.15, 0.2) is 54.1 Å². The standard InChI is InChI=1S/C36H44F4O3/c1-4-22(2)11-6-5-7-12-24-19-29(34(42)25-13-8-14-26(41)21-25)33(27-15-10-18-32(37)23(27)3)30(20-24)35(43)28-16-9-17-31(28)36(38,39)40/h4,8,10,13-15,18,21,24,28-31,33,41H,5-7,9,11-12,16-17,19-20H2,1-3H3/b22-4-/t24?,28?,29?,30-,31?,33?/m0/s1. The zero-order valence-electron chi connectivity index (χ0n) is 25.4. The van der Waals surface area contributed by atoms with Crippen LogP contribution in [0.3, 0.4) is 0 Å². The normalized spacial score (nSPS) is 26.4. The maximum Gasteiger partial charge on any atom is 0.392 e. The van der Waals surface area contributed by atoms with E-state index in [1.807, 2.05) is 6.92 Å². The summed E-state index contributed by atoms with van der Waals surface area (Å²) in [6, 6.07) is 10.6. The first-order chi connectivity index (χ1) is 20.4. The number of carbonyl (C=O) groups is 2. The third kappa shape index (κ3) is 7.77. The van der Waals surface area contributed by atoms with Crippen LogP contribution in [0, 0.1) is 42.3 Å². The second kappa shape index (κ2) is 14.2. The summed E-state index contributed by atoms with van der Waals surface area (Å²) >= 11 is 0. The Balaban J connectivity index is 1.73. The molecule has 1 N–H and O–H groups in total. The van der Waals surface area contributed by atoms with Gasteiger partial charge in [0.2, 0.25) is 0 Å². The summed E-state index contributed by atoms with van der Waals surface area (Å²) in [7, 11) is 0. The van der Waals surface area contributed by atoms with Gasteiger partial charge in [-0.2, -0.15) is 13.2 Å². The Morgan fingerprint density at radius 1 is 0.977 bits per heavy atom. The zero-order valence-corrected chi connectivity index (χ0v) is 25.4. The predicted molar refractivity (Wildman–Crippen MR) is 160 cm³/mol. The molecule has 0 bridgehead atoms. The summed E-state index contributed by atoms with van der Waals surface area (Å²) in [4.78, 5) is 28.4. The van der Waals surface area contributed by atoms with Crippen molar-refractivity contribution in [3.63, 3.8) is 0 Å². The van der Waals surface area contributed by atoms with E-state index in [9.17, 15) is 32.3 Å². The third-order valence-corrected chi connectivity index (χ3v) is 10.0. The molecule has 43 heavy (non-hydrogen) atoms. The van der Waals surface area contributed by atoms with E-state index in [2.05, 4.69) is 13.0 Å². The van der Waals surface area contributed by atoms with Crippen molar-refractivity contribution < 1.29 is 32.3 Å². The van der Waals surface area contributed by atoms with Crippen LogP contribution < -0.4 is 0 Å². The number of rotatable bonds is 11. The lowest BCUT2D eigenvalue weighted by Crippen LogP contribution is -2.43. The molecule has 234 valence electrons. The van der Waals surface area contributed by atoms with E-state index in [0.29, 0.717) is 30.4 Å². The van der Waals surface area contributed by atoms with Gasteiger partial charge in [0.1, 0.15) is 17.3 Å². The third-order valence-electron chi connectivity index (χ3n) is 10.0. The lowest BCUT2D eigenvalue weighted by molar-refractivity contribution is -0.187. The van der Waals surface area contributed by atoms with Gasteiger partial charge in [0.25, 0.3) is 0 Å². The number of alkyl halides is 3. The van der Waals surface area contributed by atoms with E-state index in [1.165, 1.54) is 23.8 Å². The highest BCUT2D eigenvalue weighted by molar-refractivity contribution is 5.99. The Morgan fingerprint density at radius 3 is 2.40 bits per heavy atom. The Bertz CT molecular complexity index is 1310. The molecule has 3 nitrogen and oxygen atoms in total. The molecule has 0 radical (unpaired) electrons. The minimum Gasteiger partial charge on any atom is -0.508 e. The average Bonchev–Trinajstić information content (AvgIpc) is 3.48. The van der Waals surface area contributed by atoms with Crippen molar-refractivity contribution in [3.8, 4) is 5.75 Å². The van der Waals surface area contributed by atoms with E-state index < -0.39 is 47.4 Å². The van der Waals surface area contributed by atoms with E-state index >= 15 is 0 Å². The summed E-state index contributed by atoms with van der Waals surface area (Å²) in [6.45, 7) is 5.72. The van der Waals surface area contributed by atoms with Crippen LogP contribution >= 0.6 is 0 Å². The number of phenols is 1. The van der Waals surface area contributed by atoms with Gasteiger partial charge in [0.15, 0.2) is 5.78 Å². The highest BCUT2D eigenvalue weighted by atomic mass is 19.4. The second-order valence-corrected chi connectivity index (χ2v) is 12.8. The molecule has 0 aromatic heterocycles. The molecule has 0 spiro atoms. The highest BCUT2D eigenvalue weighted by Gasteiger charge is 2.53. The minimum atomic E-state index is -4.48. The SMILES string of the molecule is C/C=C(/C)CCCCCC1CC(C(=O)c2cccc(O)c2)C(c2cccc(F)c2C)[C@@H](C(=O)C2CCCC2C(F)(F)F)C1. The Labute approximate surface area is 252 Å². The summed E-state index contributed by atoms with van der Waals surface area (Å²) < 4.78 is 57.1. The van der Waals surface area contributed by atoms with Crippen LogP contribution in [0.4, 0.5) is 17.6 Å². The molecule has 2 saturated carbocycles. The smallest absolute Gasteiger partial charge is 0.392 e. The monoisotopic (exact) mass is 600 g/mol. The van der Waals surface area contributed by atoms with Gasteiger partial charge in [-0.15, -0.1) is 0 Å². The number of aromatic hydroxyl groups is 1. The topological polar surface area (TPSA) is 54.4 Å². The number of allylic oxidation sites excluding steroid dienone is 2. The van der Waals surface area contributed by atoms with Gasteiger partial charge in [0, 0.05) is 29.2 Å². The first kappa shape index (κ1) is 32.9. The lowest BCUT2D eigenvalue weighted by atomic mass is 9.59. The molecule has 0 amide bonds. The summed E-state index contributed by atoms with van der Waals surface area (Å²) in [5.74, 6) is -6.43. The van der Waals surface area contributed by atoms with Crippen LogP contribution in [-0.4, -0.2) is 22.8 Å². The molecule has 2 aliphatic carbocycles. The molecule has 5 unspecified atom stereocenters. The second-order valence-electron chi connectivity index (χ2n) is 12.8. The van der Waals surface area contributed by atoms with Crippen molar-refractivity contribution in [2.24, 2.45) is 29.6 Å². The van der Waals surface area contributed by atoms with E-state index in [4.69, 9.17) is 0 Å². The first-order valence-corrected chi connectivity index (χ1v) is 15.7. The number of ketones is 2. The maximum absolute atomic E-state index is 14.9. The van der Waals surface area contributed by atoms with Gasteiger partial charge in [-0.25, -0.2) is 4.39 Å². The number of carbonyl (C=O) groups excluding carboxylic acids is 2. The molecule has 6 atom stereocenters. The van der Waals surface area contributed by atoms with Crippen LogP contribution in [0.5, 0.6) is 5.75 Å². The Morgan fingerprint density at radius 2 is 1.70 bits per heavy atom. The Kier molecular flexibility index (Phi) is 10.9. The quantitative estimate of drug-likeness (QED) is 0.121. The average molecular weight is 601 g/mol. The molecule has 0 aliphatic heterocycles. The van der Waals surface area contributed by atoms with E-state index in [1.54, 1.807) is 31.2 Å². The first-order valence-electron chi connectivity index (χ1n) is 15.7. The number of phenolic OH excluding ortho intramolecular Hbond substituents is 1. The van der Waals surface area contributed by atoms with Gasteiger partial charge < -0.3 is 5.11 Å². The largest absolute Gasteiger partial charge is 0.508 e. The molecule has 4 rings (SSSR count). The zero-order chi connectivity index (χ0) is 31.3. The van der Waals surface area contributed by atoms with Gasteiger partial charge in [0.05, 0.1) is 5.92 Å². The fraction of sp³-hybridized carbons (Fsp3) is 0.556. The van der Waals surface area contributed by atoms with Crippen LogP contribution in [0.2, 0.25) is 0 Å². The van der Waals surface area contributed by atoms with Crippen molar-refractivity contribution >= 4 is 11.6 Å². The summed E-state index contributed by atoms with van der Waals surface area (Å²) in [5.41, 5.74) is 2.44. The molecule has 2 aromatic carbocycles. The van der Waals surface area contributed by atoms with Crippen LogP contribution in [0.25, 0.3) is 0 Å². The number of halogens is 4. The molecule has 0 heterocycles. The van der Waals surface area contributed by atoms with Crippen molar-refractivity contribution in [2.45, 2.75) is 97.1 Å². The van der Waals surface area contributed by atoms with Gasteiger partial charge >= 0.3 is 6.18 Å². The van der Waals surface area contributed by atoms with Crippen LogP contribution in [0.1, 0.15) is 105 Å². The summed E-state index contributed by atoms with van der Waals surface area (Å²) in [5, 5.41) is 10.1. The van der Waals surface area contributed by atoms with Gasteiger partial charge in [-0.1, -0.05) is 61.6 Å². The maximum atomic E-state index is 14.9. The Hall–Kier alpha value is -2.96. The molecule has 2 aromatic rings. The van der Waals surface area contributed by atoms with Crippen molar-refractivity contribution in [2.75, 3.05) is 0 Å². The highest BCUT2D eigenvalue weighted by Crippen LogP contribution is 2.52. The predicted octanol–water partition coefficient (Wildman–Crippen LogP) is 9.91. The number of Topliss-reactive ketones (excluding diaryl/α,β-unsaturated/α-hetero) is 2. The van der Waals surface area contributed by atoms with Gasteiger partial charge in [-0.3, -0.25) is 9.59 Å². The van der Waals surface area contributed by atoms with Crippen molar-refractivity contribution in [1.29, 1.82) is 0 Å². The molecule has 0 saturated heterocycles. The summed E-state index contributed by atoms with van der Waals surface area (Å²) in [6.07, 6.45) is 3.58. The van der Waals surface area contributed by atoms with Crippen molar-refractivity contribution in [3.05, 3.63) is 76.6 Å². The number of hydrogen-bond acceptors (Lipinski definition) is 3. The fourth-order valence-corrected chi connectivity index (χ4v) is 7.60.